The monoisotopic (exact) mass is 203 g/mol. The van der Waals surface area contributed by atoms with Gasteiger partial charge in [-0.25, -0.2) is 4.39 Å². The van der Waals surface area contributed by atoms with Gasteiger partial charge in [-0.15, -0.1) is 0 Å². The summed E-state index contributed by atoms with van der Waals surface area (Å²) in [4.78, 5) is 2.34. The van der Waals surface area contributed by atoms with Gasteiger partial charge in [0.15, 0.2) is 0 Å². The lowest BCUT2D eigenvalue weighted by Crippen LogP contribution is -2.39. The van der Waals surface area contributed by atoms with E-state index in [1.807, 2.05) is 11.8 Å². The van der Waals surface area contributed by atoms with Crippen LogP contribution < -0.4 is 0 Å². The van der Waals surface area contributed by atoms with Crippen LogP contribution in [0.15, 0.2) is 0 Å². The van der Waals surface area contributed by atoms with Crippen LogP contribution in [0.3, 0.4) is 0 Å². The highest BCUT2D eigenvalue weighted by molar-refractivity contribution is 7.99. The molecule has 0 radical (unpaired) electrons. The van der Waals surface area contributed by atoms with E-state index in [1.165, 1.54) is 17.9 Å². The second kappa shape index (κ2) is 3.77. The Labute approximate surface area is 84.1 Å². The zero-order valence-electron chi connectivity index (χ0n) is 8.26. The molecule has 2 fully saturated rings. The molecule has 76 valence electrons. The fourth-order valence-corrected chi connectivity index (χ4v) is 2.91. The van der Waals surface area contributed by atoms with Crippen LogP contribution in [0.4, 0.5) is 4.39 Å². The molecule has 2 aliphatic rings. The van der Waals surface area contributed by atoms with Gasteiger partial charge < -0.3 is 0 Å². The summed E-state index contributed by atoms with van der Waals surface area (Å²) in [5.41, 5.74) is -0.802. The fraction of sp³-hybridized carbons (Fsp3) is 1.00. The van der Waals surface area contributed by atoms with Crippen molar-refractivity contribution in [2.45, 2.75) is 37.9 Å². The molecule has 1 atom stereocenters. The van der Waals surface area contributed by atoms with Gasteiger partial charge in [0, 0.05) is 24.9 Å². The Kier molecular flexibility index (Phi) is 2.84. The Morgan fingerprint density at radius 1 is 1.46 bits per heavy atom. The van der Waals surface area contributed by atoms with E-state index in [0.29, 0.717) is 12.6 Å². The average molecular weight is 203 g/mol. The van der Waals surface area contributed by atoms with Crippen LogP contribution in [0.1, 0.15) is 26.2 Å². The van der Waals surface area contributed by atoms with Crippen LogP contribution >= 0.6 is 11.8 Å². The van der Waals surface area contributed by atoms with Crippen molar-refractivity contribution in [3.8, 4) is 0 Å². The van der Waals surface area contributed by atoms with E-state index < -0.39 is 5.67 Å². The zero-order chi connectivity index (χ0) is 9.31. The van der Waals surface area contributed by atoms with Gasteiger partial charge in [0.1, 0.15) is 5.67 Å². The summed E-state index contributed by atoms with van der Waals surface area (Å²) in [7, 11) is 0. The molecule has 3 heteroatoms. The van der Waals surface area contributed by atoms with Crippen molar-refractivity contribution < 1.29 is 4.39 Å². The highest BCUT2D eigenvalue weighted by Gasteiger charge is 2.45. The first-order valence-electron chi connectivity index (χ1n) is 5.20. The number of halogens is 1. The van der Waals surface area contributed by atoms with E-state index in [1.54, 1.807) is 0 Å². The van der Waals surface area contributed by atoms with Crippen molar-refractivity contribution in [2.24, 2.45) is 0 Å². The quantitative estimate of drug-likeness (QED) is 0.677. The van der Waals surface area contributed by atoms with Gasteiger partial charge in [0.2, 0.25) is 0 Å². The molecule has 0 aromatic rings. The maximum absolute atomic E-state index is 13.5. The van der Waals surface area contributed by atoms with Crippen molar-refractivity contribution in [3.63, 3.8) is 0 Å². The molecule has 1 unspecified atom stereocenters. The van der Waals surface area contributed by atoms with Crippen molar-refractivity contribution in [3.05, 3.63) is 0 Å². The molecular formula is C10H18FNS. The molecule has 0 bridgehead atoms. The maximum atomic E-state index is 13.5. The number of nitrogens with zero attached hydrogens (tertiary/aromatic N) is 1. The molecule has 1 saturated heterocycles. The van der Waals surface area contributed by atoms with Crippen LogP contribution in [-0.4, -0.2) is 41.2 Å². The first-order chi connectivity index (χ1) is 6.20. The molecule has 1 nitrogen and oxygen atoms in total. The summed E-state index contributed by atoms with van der Waals surface area (Å²) in [5.74, 6) is 2.43. The standard InChI is InChI=1S/C10H18FNS/c1-9-2-6-13-7-5-12(9)8-10(11)3-4-10/h9H,2-8H2,1H3. The molecule has 0 aromatic heterocycles. The summed E-state index contributed by atoms with van der Waals surface area (Å²) in [6.45, 7) is 4.00. The highest BCUT2D eigenvalue weighted by Crippen LogP contribution is 2.41. The number of thioether (sulfide) groups is 1. The molecule has 0 amide bonds. The minimum absolute atomic E-state index is 0.586. The third-order valence-corrected chi connectivity index (χ3v) is 4.10. The molecular weight excluding hydrogens is 185 g/mol. The van der Waals surface area contributed by atoms with Crippen LogP contribution in [0.25, 0.3) is 0 Å². The SMILES string of the molecule is CC1CCSCCN1CC1(F)CC1. The smallest absolute Gasteiger partial charge is 0.123 e. The van der Waals surface area contributed by atoms with Crippen LogP contribution in [0, 0.1) is 0 Å². The van der Waals surface area contributed by atoms with Gasteiger partial charge in [-0.2, -0.15) is 11.8 Å². The van der Waals surface area contributed by atoms with E-state index in [4.69, 9.17) is 0 Å². The summed E-state index contributed by atoms with van der Waals surface area (Å²) < 4.78 is 13.5. The van der Waals surface area contributed by atoms with Crippen molar-refractivity contribution in [1.82, 2.24) is 4.90 Å². The van der Waals surface area contributed by atoms with Crippen molar-refractivity contribution in [1.29, 1.82) is 0 Å². The summed E-state index contributed by atoms with van der Waals surface area (Å²) in [6, 6.07) is 0.586. The van der Waals surface area contributed by atoms with Gasteiger partial charge in [-0.3, -0.25) is 4.90 Å². The second-order valence-electron chi connectivity index (χ2n) is 4.37. The predicted octanol–water partition coefficient (Wildman–Crippen LogP) is 2.32. The number of hydrogen-bond acceptors (Lipinski definition) is 2. The minimum Gasteiger partial charge on any atom is -0.297 e. The molecule has 13 heavy (non-hydrogen) atoms. The fourth-order valence-electron chi connectivity index (χ4n) is 1.83. The first kappa shape index (κ1) is 9.78. The molecule has 0 aromatic carbocycles. The lowest BCUT2D eigenvalue weighted by atomic mass is 10.2. The molecule has 1 aliphatic carbocycles. The number of hydrogen-bond donors (Lipinski definition) is 0. The third-order valence-electron chi connectivity index (χ3n) is 3.11. The van der Waals surface area contributed by atoms with Crippen LogP contribution in [0.5, 0.6) is 0 Å². The molecule has 1 heterocycles. The maximum Gasteiger partial charge on any atom is 0.123 e. The third kappa shape index (κ3) is 2.59. The summed E-state index contributed by atoms with van der Waals surface area (Å²) >= 11 is 2.01. The van der Waals surface area contributed by atoms with E-state index >= 15 is 0 Å². The molecule has 1 saturated carbocycles. The largest absolute Gasteiger partial charge is 0.297 e. The summed E-state index contributed by atoms with van der Waals surface area (Å²) in [5, 5.41) is 0. The molecule has 1 aliphatic heterocycles. The first-order valence-corrected chi connectivity index (χ1v) is 6.36. The van der Waals surface area contributed by atoms with Crippen LogP contribution in [0.2, 0.25) is 0 Å². The van der Waals surface area contributed by atoms with Crippen LogP contribution in [-0.2, 0) is 0 Å². The lowest BCUT2D eigenvalue weighted by Gasteiger charge is -2.27. The topological polar surface area (TPSA) is 3.24 Å². The molecule has 0 N–H and O–H groups in total. The Hall–Kier alpha value is 0.240. The summed E-state index contributed by atoms with van der Waals surface area (Å²) in [6.07, 6.45) is 2.81. The molecule has 2 rings (SSSR count). The molecule has 0 spiro atoms. The van der Waals surface area contributed by atoms with Crippen molar-refractivity contribution >= 4 is 11.8 Å². The van der Waals surface area contributed by atoms with Gasteiger partial charge >= 0.3 is 0 Å². The average Bonchev–Trinajstić information content (AvgIpc) is 2.82. The zero-order valence-corrected chi connectivity index (χ0v) is 9.08. The Balaban J connectivity index is 1.87. The minimum atomic E-state index is -0.802. The number of alkyl halides is 1. The normalized spacial score (nSPS) is 34.2. The lowest BCUT2D eigenvalue weighted by molar-refractivity contribution is 0.145. The van der Waals surface area contributed by atoms with Gasteiger partial charge in [0.05, 0.1) is 0 Å². The van der Waals surface area contributed by atoms with Crippen molar-refractivity contribution in [2.75, 3.05) is 24.6 Å². The van der Waals surface area contributed by atoms with E-state index in [9.17, 15) is 4.39 Å². The van der Waals surface area contributed by atoms with E-state index in [2.05, 4.69) is 11.8 Å². The Morgan fingerprint density at radius 3 is 2.92 bits per heavy atom. The van der Waals surface area contributed by atoms with Gasteiger partial charge in [-0.05, 0) is 31.9 Å². The number of rotatable bonds is 2. The predicted molar refractivity (Wildman–Crippen MR) is 56.1 cm³/mol. The van der Waals surface area contributed by atoms with Gasteiger partial charge in [0.25, 0.3) is 0 Å². The van der Waals surface area contributed by atoms with E-state index in [-0.39, 0.29) is 0 Å². The second-order valence-corrected chi connectivity index (χ2v) is 5.60. The highest BCUT2D eigenvalue weighted by atomic mass is 32.2. The van der Waals surface area contributed by atoms with Gasteiger partial charge in [-0.1, -0.05) is 0 Å². The Bertz CT molecular complexity index is 182. The Morgan fingerprint density at radius 2 is 2.23 bits per heavy atom. The van der Waals surface area contributed by atoms with E-state index in [0.717, 1.165) is 19.4 Å².